The summed E-state index contributed by atoms with van der Waals surface area (Å²) in [6, 6.07) is 5.20. The summed E-state index contributed by atoms with van der Waals surface area (Å²) in [5.41, 5.74) is 0.564. The third-order valence-electron chi connectivity index (χ3n) is 2.27. The fourth-order valence-corrected chi connectivity index (χ4v) is 1.59. The Morgan fingerprint density at radius 3 is 2.16 bits per heavy atom. The molecule has 0 aromatic heterocycles. The van der Waals surface area contributed by atoms with Crippen molar-refractivity contribution in [2.75, 3.05) is 13.7 Å². The van der Waals surface area contributed by atoms with Crippen molar-refractivity contribution in [2.24, 2.45) is 0 Å². The first-order chi connectivity index (χ1) is 8.93. The zero-order valence-electron chi connectivity index (χ0n) is 12.2. The molecule has 0 aliphatic heterocycles. The van der Waals surface area contributed by atoms with E-state index in [2.05, 4.69) is 0 Å². The first-order valence-electron chi connectivity index (χ1n) is 6.43. The molecule has 0 N–H and O–H groups in total. The number of carbonyl (C=O) groups excluding carboxylic acids is 1. The van der Waals surface area contributed by atoms with Crippen molar-refractivity contribution in [3.63, 3.8) is 0 Å². The minimum Gasteiger partial charge on any atom is -0.487 e. The Bertz CT molecular complexity index is 424. The fourth-order valence-electron chi connectivity index (χ4n) is 1.59. The van der Waals surface area contributed by atoms with Gasteiger partial charge in [-0.15, -0.1) is 0 Å². The molecular formula is C15H22O4. The number of hydrogen-bond acceptors (Lipinski definition) is 4. The Kier molecular flexibility index (Phi) is 5.83. The first kappa shape index (κ1) is 15.5. The predicted octanol–water partition coefficient (Wildman–Crippen LogP) is 3.09. The number of hydrogen-bond donors (Lipinski definition) is 0. The maximum absolute atomic E-state index is 11.8. The highest BCUT2D eigenvalue weighted by Gasteiger charge is 2.13. The molecule has 0 saturated heterocycles. The monoisotopic (exact) mass is 266 g/mol. The Balaban J connectivity index is 3.03. The largest absolute Gasteiger partial charge is 0.487 e. The van der Waals surface area contributed by atoms with Crippen molar-refractivity contribution in [1.82, 2.24) is 0 Å². The van der Waals surface area contributed by atoms with Crippen LogP contribution < -0.4 is 9.47 Å². The molecule has 0 heterocycles. The summed E-state index contributed by atoms with van der Waals surface area (Å²) in [7, 11) is 1.50. The van der Waals surface area contributed by atoms with Crippen LogP contribution in [0.5, 0.6) is 11.5 Å². The average Bonchev–Trinajstić information content (AvgIpc) is 2.30. The van der Waals surface area contributed by atoms with Gasteiger partial charge in [0.05, 0.1) is 12.2 Å². The lowest BCUT2D eigenvalue weighted by Gasteiger charge is -2.17. The second-order valence-electron chi connectivity index (χ2n) is 4.85. The number of ether oxygens (including phenoxy) is 3. The summed E-state index contributed by atoms with van der Waals surface area (Å²) >= 11 is 0. The van der Waals surface area contributed by atoms with E-state index in [1.807, 2.05) is 27.7 Å². The van der Waals surface area contributed by atoms with Crippen molar-refractivity contribution in [1.29, 1.82) is 0 Å². The van der Waals surface area contributed by atoms with Crippen LogP contribution in [0.1, 0.15) is 38.1 Å². The topological polar surface area (TPSA) is 44.8 Å². The van der Waals surface area contributed by atoms with E-state index < -0.39 is 0 Å². The van der Waals surface area contributed by atoms with Crippen molar-refractivity contribution in [2.45, 2.75) is 39.9 Å². The van der Waals surface area contributed by atoms with Crippen LogP contribution in [0.3, 0.4) is 0 Å². The lowest BCUT2D eigenvalue weighted by atomic mass is 10.1. The molecule has 106 valence electrons. The van der Waals surface area contributed by atoms with Gasteiger partial charge in [-0.05, 0) is 45.9 Å². The highest BCUT2D eigenvalue weighted by molar-refractivity contribution is 5.97. The summed E-state index contributed by atoms with van der Waals surface area (Å²) in [5, 5.41) is 0. The van der Waals surface area contributed by atoms with Crippen LogP contribution in [0, 0.1) is 0 Å². The molecule has 0 bridgehead atoms. The lowest BCUT2D eigenvalue weighted by molar-refractivity contribution is 0.0847. The summed E-state index contributed by atoms with van der Waals surface area (Å²) in [6.07, 6.45) is 0.0670. The van der Waals surface area contributed by atoms with Crippen LogP contribution in [0.25, 0.3) is 0 Å². The normalized spacial score (nSPS) is 10.9. The number of carbonyl (C=O) groups is 1. The Morgan fingerprint density at radius 2 is 1.63 bits per heavy atom. The van der Waals surface area contributed by atoms with Gasteiger partial charge in [0, 0.05) is 12.7 Å². The smallest absolute Gasteiger partial charge is 0.188 e. The maximum Gasteiger partial charge on any atom is 0.188 e. The van der Waals surface area contributed by atoms with E-state index in [-0.39, 0.29) is 24.6 Å². The molecule has 0 unspecified atom stereocenters. The predicted molar refractivity (Wildman–Crippen MR) is 74.2 cm³/mol. The van der Waals surface area contributed by atoms with Gasteiger partial charge < -0.3 is 14.2 Å². The van der Waals surface area contributed by atoms with E-state index >= 15 is 0 Å². The zero-order valence-corrected chi connectivity index (χ0v) is 12.2. The molecule has 1 rings (SSSR count). The highest BCUT2D eigenvalue weighted by Crippen LogP contribution is 2.30. The average molecular weight is 266 g/mol. The molecule has 19 heavy (non-hydrogen) atoms. The van der Waals surface area contributed by atoms with Gasteiger partial charge in [-0.2, -0.15) is 0 Å². The van der Waals surface area contributed by atoms with Crippen molar-refractivity contribution in [3.05, 3.63) is 23.8 Å². The fraction of sp³-hybridized carbons (Fsp3) is 0.533. The van der Waals surface area contributed by atoms with E-state index in [0.717, 1.165) is 0 Å². The number of benzene rings is 1. The summed E-state index contributed by atoms with van der Waals surface area (Å²) in [4.78, 5) is 11.8. The highest BCUT2D eigenvalue weighted by atomic mass is 16.5. The number of rotatable bonds is 7. The van der Waals surface area contributed by atoms with Crippen molar-refractivity contribution >= 4 is 5.78 Å². The van der Waals surface area contributed by atoms with Crippen LogP contribution in [0.2, 0.25) is 0 Å². The zero-order chi connectivity index (χ0) is 14.4. The molecule has 0 saturated carbocycles. The molecule has 1 aromatic rings. The first-order valence-corrected chi connectivity index (χ1v) is 6.43. The maximum atomic E-state index is 11.8. The lowest BCUT2D eigenvalue weighted by Crippen LogP contribution is -2.12. The van der Waals surface area contributed by atoms with E-state index in [0.29, 0.717) is 17.1 Å². The van der Waals surface area contributed by atoms with Crippen LogP contribution in [0.4, 0.5) is 0 Å². The number of ketones is 1. The van der Waals surface area contributed by atoms with Gasteiger partial charge in [0.15, 0.2) is 17.3 Å². The molecule has 0 amide bonds. The molecule has 1 aromatic carbocycles. The van der Waals surface area contributed by atoms with Gasteiger partial charge in [-0.3, -0.25) is 4.79 Å². The van der Waals surface area contributed by atoms with Gasteiger partial charge >= 0.3 is 0 Å². The van der Waals surface area contributed by atoms with E-state index in [1.54, 1.807) is 18.2 Å². The molecule has 0 fully saturated rings. The molecular weight excluding hydrogens is 244 g/mol. The molecule has 4 nitrogen and oxygen atoms in total. The second-order valence-corrected chi connectivity index (χ2v) is 4.85. The van der Waals surface area contributed by atoms with Crippen LogP contribution >= 0.6 is 0 Å². The molecule has 0 radical (unpaired) electrons. The quantitative estimate of drug-likeness (QED) is 0.711. The minimum absolute atomic E-state index is 0.0160. The third-order valence-corrected chi connectivity index (χ3v) is 2.27. The number of Topliss-reactive ketones (excluding diaryl/α,β-unsaturated/α-hetero) is 1. The molecule has 0 aliphatic rings. The van der Waals surface area contributed by atoms with E-state index in [4.69, 9.17) is 14.2 Å². The molecule has 0 spiro atoms. The SMILES string of the molecule is COCC(=O)c1ccc(OC(C)C)c(OC(C)C)c1. The third kappa shape index (κ3) is 4.91. The van der Waals surface area contributed by atoms with Crippen LogP contribution in [-0.2, 0) is 4.74 Å². The molecule has 4 heteroatoms. The Morgan fingerprint density at radius 1 is 1.05 bits per heavy atom. The summed E-state index contributed by atoms with van der Waals surface area (Å²) in [5.74, 6) is 1.16. The van der Waals surface area contributed by atoms with E-state index in [9.17, 15) is 4.79 Å². The van der Waals surface area contributed by atoms with Gasteiger partial charge in [0.1, 0.15) is 6.61 Å². The summed E-state index contributed by atoms with van der Waals surface area (Å²) in [6.45, 7) is 7.82. The standard InChI is InChI=1S/C15H22O4/c1-10(2)18-14-7-6-12(13(16)9-17-5)8-15(14)19-11(3)4/h6-8,10-11H,9H2,1-5H3. The van der Waals surface area contributed by atoms with Crippen molar-refractivity contribution in [3.8, 4) is 11.5 Å². The molecule has 0 aliphatic carbocycles. The van der Waals surface area contributed by atoms with Crippen LogP contribution in [-0.4, -0.2) is 31.7 Å². The van der Waals surface area contributed by atoms with Gasteiger partial charge in [-0.25, -0.2) is 0 Å². The van der Waals surface area contributed by atoms with E-state index in [1.165, 1.54) is 7.11 Å². The Labute approximate surface area is 114 Å². The van der Waals surface area contributed by atoms with Gasteiger partial charge in [0.25, 0.3) is 0 Å². The second kappa shape index (κ2) is 7.14. The Hall–Kier alpha value is -1.55. The minimum atomic E-state index is -0.0767. The van der Waals surface area contributed by atoms with Crippen molar-refractivity contribution < 1.29 is 19.0 Å². The van der Waals surface area contributed by atoms with Crippen LogP contribution in [0.15, 0.2) is 18.2 Å². The van der Waals surface area contributed by atoms with Gasteiger partial charge in [0.2, 0.25) is 0 Å². The van der Waals surface area contributed by atoms with Gasteiger partial charge in [-0.1, -0.05) is 0 Å². The number of methoxy groups -OCH3 is 1. The molecule has 0 atom stereocenters. The summed E-state index contributed by atoms with van der Waals surface area (Å²) < 4.78 is 16.2.